The van der Waals surface area contributed by atoms with Gasteiger partial charge in [-0.2, -0.15) is 0 Å². The molecule has 1 fully saturated rings. The number of nitrogens with zero attached hydrogens (tertiary/aromatic N) is 4. The smallest absolute Gasteiger partial charge is 0.254 e. The molecule has 37 heavy (non-hydrogen) atoms. The number of piperazine rings is 1. The van der Waals surface area contributed by atoms with Gasteiger partial charge in [-0.3, -0.25) is 19.4 Å². The molecule has 8 heteroatoms. The summed E-state index contributed by atoms with van der Waals surface area (Å²) in [5.41, 5.74) is 4.39. The predicted octanol–water partition coefficient (Wildman–Crippen LogP) is 3.55. The van der Waals surface area contributed by atoms with Crippen molar-refractivity contribution in [2.45, 2.75) is 19.9 Å². The third-order valence-electron chi connectivity index (χ3n) is 6.35. The average molecular weight is 500 g/mol. The Balaban J connectivity index is 1.38. The number of carbonyl (C=O) groups excluding carboxylic acids is 3. The van der Waals surface area contributed by atoms with Crippen molar-refractivity contribution in [3.05, 3.63) is 83.7 Å². The molecule has 2 heterocycles. The maximum atomic E-state index is 13.1. The highest BCUT2D eigenvalue weighted by molar-refractivity contribution is 5.97. The highest BCUT2D eigenvalue weighted by atomic mass is 16.2. The molecule has 4 rings (SSSR count). The van der Waals surface area contributed by atoms with Gasteiger partial charge in [0, 0.05) is 81.1 Å². The molecule has 0 spiro atoms. The van der Waals surface area contributed by atoms with Crippen molar-refractivity contribution in [2.75, 3.05) is 45.2 Å². The summed E-state index contributed by atoms with van der Waals surface area (Å²) in [5.74, 6) is -0.242. The quantitative estimate of drug-likeness (QED) is 0.561. The molecule has 3 amide bonds. The third kappa shape index (κ3) is 6.14. The van der Waals surface area contributed by atoms with Gasteiger partial charge in [0.25, 0.3) is 17.7 Å². The minimum Gasteiger partial charge on any atom is -0.378 e. The molecule has 3 aromatic rings. The van der Waals surface area contributed by atoms with E-state index in [1.165, 1.54) is 0 Å². The minimum atomic E-state index is -0.167. The fourth-order valence-electron chi connectivity index (χ4n) is 4.27. The van der Waals surface area contributed by atoms with Crippen molar-refractivity contribution in [2.24, 2.45) is 0 Å². The van der Waals surface area contributed by atoms with Crippen LogP contribution in [0.2, 0.25) is 0 Å². The van der Waals surface area contributed by atoms with Crippen LogP contribution in [0.25, 0.3) is 11.1 Å². The van der Waals surface area contributed by atoms with Crippen LogP contribution in [-0.2, 0) is 0 Å². The van der Waals surface area contributed by atoms with Gasteiger partial charge in [-0.15, -0.1) is 0 Å². The van der Waals surface area contributed by atoms with E-state index in [0.29, 0.717) is 42.9 Å². The first-order valence-corrected chi connectivity index (χ1v) is 12.4. The van der Waals surface area contributed by atoms with E-state index in [1.54, 1.807) is 40.4 Å². The highest BCUT2D eigenvalue weighted by Gasteiger charge is 2.25. The Labute approximate surface area is 217 Å². The Bertz CT molecular complexity index is 1280. The summed E-state index contributed by atoms with van der Waals surface area (Å²) < 4.78 is 0. The predicted molar refractivity (Wildman–Crippen MR) is 145 cm³/mol. The molecule has 2 aromatic carbocycles. The number of amides is 3. The van der Waals surface area contributed by atoms with Crippen LogP contribution in [0.3, 0.4) is 0 Å². The molecule has 0 aliphatic carbocycles. The fourth-order valence-corrected chi connectivity index (χ4v) is 4.27. The molecule has 0 unspecified atom stereocenters. The molecular formula is C29H33N5O3. The van der Waals surface area contributed by atoms with E-state index in [9.17, 15) is 14.4 Å². The van der Waals surface area contributed by atoms with Crippen LogP contribution in [0.1, 0.15) is 44.9 Å². The summed E-state index contributed by atoms with van der Waals surface area (Å²) in [5, 5.41) is 2.87. The van der Waals surface area contributed by atoms with E-state index in [4.69, 9.17) is 0 Å². The maximum Gasteiger partial charge on any atom is 0.254 e. The molecule has 1 aliphatic heterocycles. The largest absolute Gasteiger partial charge is 0.378 e. The Morgan fingerprint density at radius 2 is 1.41 bits per heavy atom. The molecule has 0 saturated carbocycles. The molecule has 1 aromatic heterocycles. The lowest BCUT2D eigenvalue weighted by Crippen LogP contribution is -2.50. The number of pyridine rings is 1. The number of hydrogen-bond donors (Lipinski definition) is 1. The first-order valence-electron chi connectivity index (χ1n) is 12.4. The second-order valence-electron chi connectivity index (χ2n) is 9.70. The number of hydrogen-bond acceptors (Lipinski definition) is 5. The lowest BCUT2D eigenvalue weighted by Gasteiger charge is -2.35. The molecule has 0 radical (unpaired) electrons. The van der Waals surface area contributed by atoms with E-state index in [-0.39, 0.29) is 23.8 Å². The van der Waals surface area contributed by atoms with Crippen molar-refractivity contribution in [1.29, 1.82) is 0 Å². The molecule has 192 valence electrons. The molecule has 1 saturated heterocycles. The van der Waals surface area contributed by atoms with E-state index < -0.39 is 0 Å². The van der Waals surface area contributed by atoms with Gasteiger partial charge in [-0.1, -0.05) is 18.2 Å². The zero-order valence-electron chi connectivity index (χ0n) is 21.8. The van der Waals surface area contributed by atoms with Gasteiger partial charge < -0.3 is 20.0 Å². The van der Waals surface area contributed by atoms with E-state index >= 15 is 0 Å². The van der Waals surface area contributed by atoms with Gasteiger partial charge in [0.05, 0.1) is 5.56 Å². The van der Waals surface area contributed by atoms with Crippen LogP contribution in [0.5, 0.6) is 0 Å². The normalized spacial score (nSPS) is 13.4. The number of benzene rings is 2. The first kappa shape index (κ1) is 25.9. The maximum absolute atomic E-state index is 13.1. The van der Waals surface area contributed by atoms with Crippen LogP contribution in [0.15, 0.2) is 67.0 Å². The van der Waals surface area contributed by atoms with Gasteiger partial charge in [0.1, 0.15) is 0 Å². The van der Waals surface area contributed by atoms with Crippen molar-refractivity contribution in [1.82, 2.24) is 20.1 Å². The van der Waals surface area contributed by atoms with E-state index in [1.807, 2.05) is 69.2 Å². The van der Waals surface area contributed by atoms with Crippen molar-refractivity contribution < 1.29 is 14.4 Å². The molecule has 0 atom stereocenters. The van der Waals surface area contributed by atoms with Gasteiger partial charge in [0.2, 0.25) is 0 Å². The number of aromatic nitrogens is 1. The van der Waals surface area contributed by atoms with Crippen molar-refractivity contribution >= 4 is 23.4 Å². The van der Waals surface area contributed by atoms with Crippen molar-refractivity contribution in [3.8, 4) is 11.1 Å². The second-order valence-corrected chi connectivity index (χ2v) is 9.70. The lowest BCUT2D eigenvalue weighted by molar-refractivity contribution is 0.0535. The summed E-state index contributed by atoms with van der Waals surface area (Å²) in [7, 11) is 3.89. The average Bonchev–Trinajstić information content (AvgIpc) is 2.92. The Morgan fingerprint density at radius 3 is 2.00 bits per heavy atom. The number of nitrogens with one attached hydrogen (secondary N) is 1. The van der Waals surface area contributed by atoms with E-state index in [2.05, 4.69) is 10.3 Å². The monoisotopic (exact) mass is 499 g/mol. The fraction of sp³-hybridized carbons (Fsp3) is 0.310. The van der Waals surface area contributed by atoms with Gasteiger partial charge in [-0.05, 0) is 55.8 Å². The van der Waals surface area contributed by atoms with Crippen molar-refractivity contribution in [3.63, 3.8) is 0 Å². The number of anilines is 1. The summed E-state index contributed by atoms with van der Waals surface area (Å²) >= 11 is 0. The third-order valence-corrected chi connectivity index (χ3v) is 6.35. The molecule has 8 nitrogen and oxygen atoms in total. The van der Waals surface area contributed by atoms with Crippen LogP contribution >= 0.6 is 0 Å². The zero-order valence-corrected chi connectivity index (χ0v) is 21.8. The summed E-state index contributed by atoms with van der Waals surface area (Å²) in [6.07, 6.45) is 3.25. The highest BCUT2D eigenvalue weighted by Crippen LogP contribution is 2.22. The van der Waals surface area contributed by atoms with Crippen LogP contribution in [0.4, 0.5) is 5.69 Å². The van der Waals surface area contributed by atoms with Gasteiger partial charge >= 0.3 is 0 Å². The summed E-state index contributed by atoms with van der Waals surface area (Å²) in [4.78, 5) is 48.2. The standard InChI is InChI=1S/C29H33N5O3/c1-20(2)31-27(35)25-16-24(18-30-19-25)21-8-10-22(11-9-21)28(36)33-12-14-34(15-13-33)29(37)23-6-5-7-26(17-23)32(3)4/h5-11,16-20H,12-15H2,1-4H3,(H,31,35). The topological polar surface area (TPSA) is 85.9 Å². The molecule has 0 bridgehead atoms. The summed E-state index contributed by atoms with van der Waals surface area (Å²) in [6, 6.07) is 16.7. The zero-order chi connectivity index (χ0) is 26.5. The minimum absolute atomic E-state index is 0.0157. The lowest BCUT2D eigenvalue weighted by atomic mass is 10.0. The molecule has 1 aliphatic rings. The van der Waals surface area contributed by atoms with Gasteiger partial charge in [-0.25, -0.2) is 0 Å². The van der Waals surface area contributed by atoms with Crippen LogP contribution in [-0.4, -0.2) is 78.8 Å². The SMILES string of the molecule is CC(C)NC(=O)c1cncc(-c2ccc(C(=O)N3CCN(C(=O)c4cccc(N(C)C)c4)CC3)cc2)c1. The molecular weight excluding hydrogens is 466 g/mol. The van der Waals surface area contributed by atoms with Crippen LogP contribution in [0, 0.1) is 0 Å². The van der Waals surface area contributed by atoms with Crippen LogP contribution < -0.4 is 10.2 Å². The Hall–Kier alpha value is -4.20. The molecule has 1 N–H and O–H groups in total. The second kappa shape index (κ2) is 11.2. The first-order chi connectivity index (χ1) is 17.7. The number of rotatable bonds is 6. The van der Waals surface area contributed by atoms with Gasteiger partial charge in [0.15, 0.2) is 0 Å². The summed E-state index contributed by atoms with van der Waals surface area (Å²) in [6.45, 7) is 5.77. The van der Waals surface area contributed by atoms with E-state index in [0.717, 1.165) is 16.8 Å². The number of carbonyl (C=O) groups is 3. The Kier molecular flexibility index (Phi) is 7.86. The Morgan fingerprint density at radius 1 is 0.784 bits per heavy atom.